The van der Waals surface area contributed by atoms with Crippen molar-refractivity contribution in [1.82, 2.24) is 14.7 Å². The maximum atomic E-state index is 12.3. The number of nitrogens with zero attached hydrogens (tertiary/aromatic N) is 4. The number of benzene rings is 1. The Kier molecular flexibility index (Phi) is 5.72. The number of aromatic nitrogens is 2. The average Bonchev–Trinajstić information content (AvgIpc) is 3.00. The highest BCUT2D eigenvalue weighted by Gasteiger charge is 2.28. The lowest BCUT2D eigenvalue weighted by Gasteiger charge is -2.37. The topological polar surface area (TPSA) is 70.5 Å². The smallest absolute Gasteiger partial charge is 0.253 e. The third kappa shape index (κ3) is 3.89. The van der Waals surface area contributed by atoms with Crippen LogP contribution in [0.1, 0.15) is 22.5 Å². The van der Waals surface area contributed by atoms with Crippen molar-refractivity contribution in [3.63, 3.8) is 0 Å². The standard InChI is InChI=1S/C23H29N5O2/c1-16-19(17(2)26(3)25-16)9-10-24-20-21(23(30)22(20)29)28-13-11-27(12-14-28)15-18-7-5-4-6-8-18/h4-8,24H,9-15H2,1-3H3. The molecule has 0 radical (unpaired) electrons. The molecule has 7 nitrogen and oxygen atoms in total. The van der Waals surface area contributed by atoms with Gasteiger partial charge in [-0.2, -0.15) is 5.10 Å². The van der Waals surface area contributed by atoms with Gasteiger partial charge in [0, 0.05) is 52.0 Å². The van der Waals surface area contributed by atoms with E-state index in [-0.39, 0.29) is 5.43 Å². The molecule has 1 N–H and O–H groups in total. The van der Waals surface area contributed by atoms with Crippen molar-refractivity contribution in [2.24, 2.45) is 7.05 Å². The summed E-state index contributed by atoms with van der Waals surface area (Å²) in [6, 6.07) is 10.4. The molecule has 1 saturated heterocycles. The molecule has 0 spiro atoms. The zero-order valence-electron chi connectivity index (χ0n) is 17.9. The monoisotopic (exact) mass is 407 g/mol. The van der Waals surface area contributed by atoms with E-state index in [4.69, 9.17) is 0 Å². The van der Waals surface area contributed by atoms with Crippen molar-refractivity contribution in [2.45, 2.75) is 26.8 Å². The largest absolute Gasteiger partial charge is 0.380 e. The number of rotatable bonds is 7. The minimum atomic E-state index is -0.392. The Bertz CT molecular complexity index is 1090. The SMILES string of the molecule is Cc1nn(C)c(C)c1CCNc1c(N2CCN(Cc3ccccc3)CC2)c(=O)c1=O. The molecule has 1 fully saturated rings. The van der Waals surface area contributed by atoms with Crippen molar-refractivity contribution >= 4 is 11.4 Å². The first kappa shape index (κ1) is 20.3. The third-order valence-electron chi connectivity index (χ3n) is 6.16. The summed E-state index contributed by atoms with van der Waals surface area (Å²) in [5.41, 5.74) is 4.93. The van der Waals surface area contributed by atoms with Crippen LogP contribution in [-0.4, -0.2) is 47.4 Å². The second kappa shape index (κ2) is 8.44. The highest BCUT2D eigenvalue weighted by Crippen LogP contribution is 2.22. The number of piperazine rings is 1. The van der Waals surface area contributed by atoms with E-state index in [0.717, 1.165) is 50.5 Å². The molecule has 0 saturated carbocycles. The number of nitrogens with one attached hydrogen (secondary N) is 1. The lowest BCUT2D eigenvalue weighted by atomic mass is 10.1. The second-order valence-electron chi connectivity index (χ2n) is 8.08. The number of hydrogen-bond donors (Lipinski definition) is 1. The molecule has 158 valence electrons. The van der Waals surface area contributed by atoms with Crippen LogP contribution in [0.25, 0.3) is 0 Å². The summed E-state index contributed by atoms with van der Waals surface area (Å²) < 4.78 is 1.88. The molecule has 0 aliphatic carbocycles. The van der Waals surface area contributed by atoms with Gasteiger partial charge in [0.2, 0.25) is 0 Å². The quantitative estimate of drug-likeness (QED) is 0.600. The average molecular weight is 408 g/mol. The van der Waals surface area contributed by atoms with Gasteiger partial charge in [-0.25, -0.2) is 0 Å². The van der Waals surface area contributed by atoms with Gasteiger partial charge in [0.25, 0.3) is 10.9 Å². The molecule has 1 aliphatic heterocycles. The fraction of sp³-hybridized carbons (Fsp3) is 0.435. The number of anilines is 2. The summed E-state index contributed by atoms with van der Waals surface area (Å²) >= 11 is 0. The molecule has 0 amide bonds. The van der Waals surface area contributed by atoms with E-state index < -0.39 is 5.43 Å². The minimum absolute atomic E-state index is 0.359. The first-order chi connectivity index (χ1) is 14.5. The van der Waals surface area contributed by atoms with Gasteiger partial charge in [-0.15, -0.1) is 0 Å². The van der Waals surface area contributed by atoms with E-state index >= 15 is 0 Å². The summed E-state index contributed by atoms with van der Waals surface area (Å²) in [6.45, 7) is 8.84. The maximum Gasteiger partial charge on any atom is 0.253 e. The summed E-state index contributed by atoms with van der Waals surface area (Å²) in [5.74, 6) is 0. The highest BCUT2D eigenvalue weighted by atomic mass is 16.2. The first-order valence-electron chi connectivity index (χ1n) is 10.5. The van der Waals surface area contributed by atoms with Gasteiger partial charge in [0.15, 0.2) is 0 Å². The molecule has 1 aliphatic rings. The van der Waals surface area contributed by atoms with Crippen molar-refractivity contribution in [2.75, 3.05) is 42.9 Å². The second-order valence-corrected chi connectivity index (χ2v) is 8.08. The molecular weight excluding hydrogens is 378 g/mol. The van der Waals surface area contributed by atoms with Crippen molar-refractivity contribution in [1.29, 1.82) is 0 Å². The Labute approximate surface area is 176 Å². The van der Waals surface area contributed by atoms with E-state index in [9.17, 15) is 9.59 Å². The van der Waals surface area contributed by atoms with Crippen LogP contribution >= 0.6 is 0 Å². The van der Waals surface area contributed by atoms with Crippen LogP contribution in [-0.2, 0) is 20.0 Å². The van der Waals surface area contributed by atoms with Crippen molar-refractivity contribution < 1.29 is 0 Å². The maximum absolute atomic E-state index is 12.3. The van der Waals surface area contributed by atoms with Gasteiger partial charge < -0.3 is 10.2 Å². The molecule has 2 heterocycles. The Morgan fingerprint density at radius 1 is 1.00 bits per heavy atom. The Morgan fingerprint density at radius 2 is 1.70 bits per heavy atom. The molecule has 0 bridgehead atoms. The molecule has 2 aromatic carbocycles. The van der Waals surface area contributed by atoms with Crippen LogP contribution in [0.4, 0.5) is 11.4 Å². The molecule has 7 heteroatoms. The van der Waals surface area contributed by atoms with E-state index in [2.05, 4.69) is 44.5 Å². The molecule has 3 aromatic rings. The normalized spacial score (nSPS) is 15.1. The summed E-state index contributed by atoms with van der Waals surface area (Å²) in [4.78, 5) is 28.9. The minimum Gasteiger partial charge on any atom is -0.380 e. The zero-order valence-corrected chi connectivity index (χ0v) is 17.9. The highest BCUT2D eigenvalue weighted by molar-refractivity contribution is 5.75. The van der Waals surface area contributed by atoms with Crippen LogP contribution in [0.5, 0.6) is 0 Å². The van der Waals surface area contributed by atoms with Gasteiger partial charge >= 0.3 is 0 Å². The number of aryl methyl sites for hydroxylation is 2. The third-order valence-corrected chi connectivity index (χ3v) is 6.16. The zero-order chi connectivity index (χ0) is 21.3. The fourth-order valence-electron chi connectivity index (χ4n) is 4.31. The number of hydrogen-bond acceptors (Lipinski definition) is 6. The van der Waals surface area contributed by atoms with E-state index in [1.165, 1.54) is 11.1 Å². The summed E-state index contributed by atoms with van der Waals surface area (Å²) in [6.07, 6.45) is 0.772. The van der Waals surface area contributed by atoms with Gasteiger partial charge in [-0.1, -0.05) is 30.3 Å². The molecule has 30 heavy (non-hydrogen) atoms. The van der Waals surface area contributed by atoms with Gasteiger partial charge in [-0.3, -0.25) is 19.2 Å². The Balaban J connectivity index is 1.35. The van der Waals surface area contributed by atoms with Crippen LogP contribution in [0.2, 0.25) is 0 Å². The molecule has 4 rings (SSSR count). The van der Waals surface area contributed by atoms with Crippen LogP contribution < -0.4 is 21.1 Å². The molecule has 1 aromatic heterocycles. The van der Waals surface area contributed by atoms with E-state index in [0.29, 0.717) is 17.9 Å². The van der Waals surface area contributed by atoms with E-state index in [1.54, 1.807) is 0 Å². The van der Waals surface area contributed by atoms with Crippen LogP contribution in [0, 0.1) is 13.8 Å². The van der Waals surface area contributed by atoms with Gasteiger partial charge in [0.1, 0.15) is 11.4 Å². The summed E-state index contributed by atoms with van der Waals surface area (Å²) in [7, 11) is 1.94. The van der Waals surface area contributed by atoms with Gasteiger partial charge in [0.05, 0.1) is 5.69 Å². The first-order valence-corrected chi connectivity index (χ1v) is 10.5. The molecular formula is C23H29N5O2. The van der Waals surface area contributed by atoms with Crippen molar-refractivity contribution in [3.05, 3.63) is 73.3 Å². The molecule has 0 unspecified atom stereocenters. The van der Waals surface area contributed by atoms with E-state index in [1.807, 2.05) is 31.6 Å². The fourth-order valence-corrected chi connectivity index (χ4v) is 4.31. The predicted molar refractivity (Wildman–Crippen MR) is 120 cm³/mol. The summed E-state index contributed by atoms with van der Waals surface area (Å²) in [5, 5.41) is 7.66. The Morgan fingerprint density at radius 3 is 2.33 bits per heavy atom. The van der Waals surface area contributed by atoms with Gasteiger partial charge in [-0.05, 0) is 31.4 Å². The van der Waals surface area contributed by atoms with Crippen LogP contribution in [0.3, 0.4) is 0 Å². The van der Waals surface area contributed by atoms with Crippen molar-refractivity contribution in [3.8, 4) is 0 Å². The van der Waals surface area contributed by atoms with Crippen LogP contribution in [0.15, 0.2) is 39.9 Å². The lowest BCUT2D eigenvalue weighted by molar-refractivity contribution is 0.249. The predicted octanol–water partition coefficient (Wildman–Crippen LogP) is 1.61. The lowest BCUT2D eigenvalue weighted by Crippen LogP contribution is -2.51. The Hall–Kier alpha value is -2.93. The molecule has 0 atom stereocenters.